The van der Waals surface area contributed by atoms with Crippen LogP contribution in [0.4, 0.5) is 5.69 Å². The lowest BCUT2D eigenvalue weighted by molar-refractivity contribution is -0.129. The fraction of sp³-hybridized carbons (Fsp3) is 0.250. The summed E-state index contributed by atoms with van der Waals surface area (Å²) >= 11 is 0. The van der Waals surface area contributed by atoms with E-state index in [1.807, 2.05) is 0 Å². The summed E-state index contributed by atoms with van der Waals surface area (Å²) in [6.45, 7) is 1.33. The van der Waals surface area contributed by atoms with E-state index >= 15 is 0 Å². The molecule has 0 aliphatic carbocycles. The Hall–Kier alpha value is -2.21. The van der Waals surface area contributed by atoms with E-state index in [-0.39, 0.29) is 18.2 Å². The van der Waals surface area contributed by atoms with Crippen LogP contribution in [0.15, 0.2) is 24.3 Å². The van der Waals surface area contributed by atoms with Gasteiger partial charge in [0.25, 0.3) is 5.91 Å². The smallest absolute Gasteiger partial charge is 0.261 e. The van der Waals surface area contributed by atoms with Crippen LogP contribution < -0.4 is 15.8 Å². The second-order valence-electron chi connectivity index (χ2n) is 4.43. The molecule has 0 bridgehead atoms. The Kier molecular flexibility index (Phi) is 2.06. The molecular formula is C12H11N3O3. The third kappa shape index (κ3) is 1.18. The van der Waals surface area contributed by atoms with Crippen molar-refractivity contribution in [3.8, 4) is 0 Å². The zero-order chi connectivity index (χ0) is 12.9. The lowest BCUT2D eigenvalue weighted by Gasteiger charge is -2.20. The van der Waals surface area contributed by atoms with E-state index in [1.54, 1.807) is 24.3 Å². The summed E-state index contributed by atoms with van der Waals surface area (Å²) in [5.41, 5.74) is 5.22. The number of carbonyl (C=O) groups is 3. The van der Waals surface area contributed by atoms with Crippen molar-refractivity contribution in [1.82, 2.24) is 10.9 Å². The molecule has 3 amide bonds. The summed E-state index contributed by atoms with van der Waals surface area (Å²) in [5, 5.41) is 0. The first-order valence-corrected chi connectivity index (χ1v) is 5.57. The number of nitrogens with one attached hydrogen (secondary N) is 2. The largest absolute Gasteiger partial charge is 0.290 e. The van der Waals surface area contributed by atoms with Crippen LogP contribution >= 0.6 is 0 Å². The number of hydrogen-bond donors (Lipinski definition) is 2. The molecule has 2 aliphatic rings. The Morgan fingerprint density at radius 1 is 1.33 bits per heavy atom. The van der Waals surface area contributed by atoms with Crippen molar-refractivity contribution in [3.05, 3.63) is 29.8 Å². The fourth-order valence-electron chi connectivity index (χ4n) is 2.55. The molecule has 0 saturated carbocycles. The number of anilines is 1. The molecule has 18 heavy (non-hydrogen) atoms. The molecule has 3 rings (SSSR count). The van der Waals surface area contributed by atoms with Crippen molar-refractivity contribution in [2.45, 2.75) is 18.9 Å². The van der Waals surface area contributed by atoms with E-state index in [4.69, 9.17) is 0 Å². The molecule has 92 valence electrons. The summed E-state index contributed by atoms with van der Waals surface area (Å²) in [4.78, 5) is 36.6. The van der Waals surface area contributed by atoms with E-state index < -0.39 is 11.4 Å². The maximum atomic E-state index is 12.4. The number of imide groups is 1. The molecule has 6 nitrogen and oxygen atoms in total. The molecule has 1 fully saturated rings. The molecule has 2 aliphatic heterocycles. The van der Waals surface area contributed by atoms with Gasteiger partial charge in [-0.05, 0) is 6.07 Å². The van der Waals surface area contributed by atoms with Gasteiger partial charge in [-0.2, -0.15) is 0 Å². The van der Waals surface area contributed by atoms with Gasteiger partial charge < -0.3 is 0 Å². The van der Waals surface area contributed by atoms with Gasteiger partial charge in [-0.1, -0.05) is 18.2 Å². The summed E-state index contributed by atoms with van der Waals surface area (Å²) < 4.78 is 0. The van der Waals surface area contributed by atoms with E-state index in [0.717, 1.165) is 4.90 Å². The van der Waals surface area contributed by atoms with Gasteiger partial charge in [0, 0.05) is 12.5 Å². The highest BCUT2D eigenvalue weighted by atomic mass is 16.2. The molecule has 0 radical (unpaired) electrons. The Bertz CT molecular complexity index is 584. The van der Waals surface area contributed by atoms with Crippen LogP contribution in [0.3, 0.4) is 0 Å². The van der Waals surface area contributed by atoms with Gasteiger partial charge in [-0.3, -0.25) is 19.8 Å². The van der Waals surface area contributed by atoms with Crippen LogP contribution in [0.5, 0.6) is 0 Å². The summed E-state index contributed by atoms with van der Waals surface area (Å²) in [5.74, 6) is -1.02. The second-order valence-corrected chi connectivity index (χ2v) is 4.43. The van der Waals surface area contributed by atoms with Crippen LogP contribution in [0.2, 0.25) is 0 Å². The molecule has 1 unspecified atom stereocenters. The van der Waals surface area contributed by atoms with E-state index in [1.165, 1.54) is 6.92 Å². The number of nitrogens with zero attached hydrogens (tertiary/aromatic N) is 1. The zero-order valence-electron chi connectivity index (χ0n) is 9.69. The predicted octanol–water partition coefficient (Wildman–Crippen LogP) is -0.200. The Balaban J connectivity index is 2.22. The Labute approximate surface area is 103 Å². The first kappa shape index (κ1) is 10.9. The van der Waals surface area contributed by atoms with Crippen molar-refractivity contribution in [2.75, 3.05) is 4.90 Å². The van der Waals surface area contributed by atoms with Crippen LogP contribution in [0.1, 0.15) is 18.9 Å². The summed E-state index contributed by atoms with van der Waals surface area (Å²) in [6.07, 6.45) is 0.00657. The number of para-hydroxylation sites is 1. The first-order valence-electron chi connectivity index (χ1n) is 5.57. The monoisotopic (exact) mass is 245 g/mol. The summed E-state index contributed by atoms with van der Waals surface area (Å²) in [7, 11) is 0. The van der Waals surface area contributed by atoms with Crippen LogP contribution in [0, 0.1) is 0 Å². The number of benzene rings is 1. The van der Waals surface area contributed by atoms with E-state index in [9.17, 15) is 14.4 Å². The SMILES string of the molecule is CC(=O)N1C(=O)C2(CC(=O)NN2)c2ccccc21. The minimum Gasteiger partial charge on any atom is -0.290 e. The first-order chi connectivity index (χ1) is 8.56. The highest BCUT2D eigenvalue weighted by Gasteiger charge is 2.56. The minimum atomic E-state index is -1.14. The predicted molar refractivity (Wildman–Crippen MR) is 62.2 cm³/mol. The molecule has 1 aromatic rings. The third-order valence-electron chi connectivity index (χ3n) is 3.33. The third-order valence-corrected chi connectivity index (χ3v) is 3.33. The number of fused-ring (bicyclic) bond motifs is 2. The fourth-order valence-corrected chi connectivity index (χ4v) is 2.55. The molecule has 1 saturated heterocycles. The van der Waals surface area contributed by atoms with E-state index in [0.29, 0.717) is 11.3 Å². The van der Waals surface area contributed by atoms with Crippen molar-refractivity contribution in [2.24, 2.45) is 0 Å². The average molecular weight is 245 g/mol. The van der Waals surface area contributed by atoms with Crippen molar-refractivity contribution in [3.63, 3.8) is 0 Å². The number of hydrazine groups is 1. The maximum Gasteiger partial charge on any atom is 0.261 e. The molecule has 2 N–H and O–H groups in total. The van der Waals surface area contributed by atoms with Gasteiger partial charge in [0.1, 0.15) is 0 Å². The number of rotatable bonds is 0. The standard InChI is InChI=1S/C12H11N3O3/c1-7(16)15-9-5-3-2-4-8(9)12(11(15)18)6-10(17)13-14-12/h2-5,14H,6H2,1H3,(H,13,17). The van der Waals surface area contributed by atoms with Gasteiger partial charge in [0.2, 0.25) is 11.8 Å². The molecular weight excluding hydrogens is 234 g/mol. The van der Waals surface area contributed by atoms with Gasteiger partial charge in [0.15, 0.2) is 5.54 Å². The number of carbonyl (C=O) groups excluding carboxylic acids is 3. The van der Waals surface area contributed by atoms with E-state index in [2.05, 4.69) is 10.9 Å². The van der Waals surface area contributed by atoms with Gasteiger partial charge in [-0.25, -0.2) is 10.3 Å². The molecule has 6 heteroatoms. The minimum absolute atomic E-state index is 0.00657. The van der Waals surface area contributed by atoms with Crippen LogP contribution in [0.25, 0.3) is 0 Å². The molecule has 1 aromatic carbocycles. The quantitative estimate of drug-likeness (QED) is 0.663. The van der Waals surface area contributed by atoms with Gasteiger partial charge in [0.05, 0.1) is 12.1 Å². The van der Waals surface area contributed by atoms with Crippen molar-refractivity contribution < 1.29 is 14.4 Å². The number of amides is 3. The Morgan fingerprint density at radius 2 is 2.06 bits per heavy atom. The lowest BCUT2D eigenvalue weighted by Crippen LogP contribution is -2.50. The second kappa shape index (κ2) is 3.39. The lowest BCUT2D eigenvalue weighted by atomic mass is 9.90. The van der Waals surface area contributed by atoms with Crippen LogP contribution in [-0.4, -0.2) is 17.7 Å². The van der Waals surface area contributed by atoms with Crippen LogP contribution in [-0.2, 0) is 19.9 Å². The number of hydrogen-bond acceptors (Lipinski definition) is 4. The Morgan fingerprint density at radius 3 is 2.67 bits per heavy atom. The van der Waals surface area contributed by atoms with Crippen molar-refractivity contribution in [1.29, 1.82) is 0 Å². The topological polar surface area (TPSA) is 78.5 Å². The zero-order valence-corrected chi connectivity index (χ0v) is 9.69. The molecule has 1 spiro atoms. The average Bonchev–Trinajstić information content (AvgIpc) is 2.82. The highest BCUT2D eigenvalue weighted by molar-refractivity contribution is 6.23. The van der Waals surface area contributed by atoms with Crippen molar-refractivity contribution >= 4 is 23.4 Å². The van der Waals surface area contributed by atoms with Gasteiger partial charge >= 0.3 is 0 Å². The van der Waals surface area contributed by atoms with Gasteiger partial charge in [-0.15, -0.1) is 0 Å². The highest BCUT2D eigenvalue weighted by Crippen LogP contribution is 2.43. The normalized spacial score (nSPS) is 25.5. The maximum absolute atomic E-state index is 12.4. The molecule has 2 heterocycles. The molecule has 1 atom stereocenters. The molecule has 0 aromatic heterocycles. The summed E-state index contributed by atoms with van der Waals surface area (Å²) in [6, 6.07) is 6.99.